The fourth-order valence-corrected chi connectivity index (χ4v) is 2.77. The van der Waals surface area contributed by atoms with Gasteiger partial charge in [-0.3, -0.25) is 0 Å². The van der Waals surface area contributed by atoms with Gasteiger partial charge in [-0.2, -0.15) is 0 Å². The molecule has 0 saturated heterocycles. The van der Waals surface area contributed by atoms with E-state index < -0.39 is 16.1 Å². The molecule has 1 rings (SSSR count). The molecule has 0 fully saturated rings. The number of aryl methyl sites for hydroxylation is 1. The minimum Gasteiger partial charge on any atom is -0.393 e. The predicted octanol–water partition coefficient (Wildman–Crippen LogP) is 1.91. The molecule has 108 valence electrons. The highest BCUT2D eigenvalue weighted by molar-refractivity contribution is 7.89. The Morgan fingerprint density at radius 1 is 1.32 bits per heavy atom. The quantitative estimate of drug-likeness (QED) is 0.721. The Hall–Kier alpha value is -0.620. The third kappa shape index (κ3) is 5.91. The summed E-state index contributed by atoms with van der Waals surface area (Å²) in [7, 11) is -3.48. The van der Waals surface area contributed by atoms with Crippen LogP contribution in [0.5, 0.6) is 0 Å². The number of rotatable bonds is 8. The van der Waals surface area contributed by atoms with Gasteiger partial charge in [0.05, 0.1) is 11.0 Å². The first-order chi connectivity index (χ1) is 8.95. The number of nitrogens with one attached hydrogen (secondary N) is 1. The van der Waals surface area contributed by atoms with Crippen molar-refractivity contribution in [2.45, 2.75) is 37.2 Å². The number of benzene rings is 1. The summed E-state index contributed by atoms with van der Waals surface area (Å²) in [5.41, 5.74) is 1.07. The van der Waals surface area contributed by atoms with Crippen LogP contribution in [-0.4, -0.2) is 32.1 Å². The molecule has 0 aliphatic carbocycles. The Morgan fingerprint density at radius 3 is 2.47 bits per heavy atom. The van der Waals surface area contributed by atoms with Gasteiger partial charge in [0.15, 0.2) is 0 Å². The second-order valence-corrected chi connectivity index (χ2v) is 6.62. The van der Waals surface area contributed by atoms with Crippen LogP contribution in [-0.2, 0) is 16.4 Å². The standard InChI is InChI=1S/C13H20ClNO3S/c1-11(16)8-10-15-19(17,18)13-6-4-12(5-7-13)3-2-9-14/h4-7,11,15-16H,2-3,8-10H2,1H3. The zero-order chi connectivity index (χ0) is 14.3. The molecule has 1 aromatic carbocycles. The third-order valence-corrected chi connectivity index (χ3v) is 4.43. The summed E-state index contributed by atoms with van der Waals surface area (Å²) in [5, 5.41) is 9.09. The van der Waals surface area contributed by atoms with E-state index in [0.717, 1.165) is 18.4 Å². The van der Waals surface area contributed by atoms with Crippen LogP contribution in [0.25, 0.3) is 0 Å². The number of hydrogen-bond acceptors (Lipinski definition) is 3. The van der Waals surface area contributed by atoms with Gasteiger partial charge in [-0.1, -0.05) is 12.1 Å². The lowest BCUT2D eigenvalue weighted by atomic mass is 10.1. The molecule has 4 nitrogen and oxygen atoms in total. The summed E-state index contributed by atoms with van der Waals surface area (Å²) >= 11 is 5.61. The van der Waals surface area contributed by atoms with Gasteiger partial charge in [0.1, 0.15) is 0 Å². The summed E-state index contributed by atoms with van der Waals surface area (Å²) in [6.45, 7) is 1.86. The second-order valence-electron chi connectivity index (χ2n) is 4.47. The zero-order valence-electron chi connectivity index (χ0n) is 11.0. The van der Waals surface area contributed by atoms with Crippen molar-refractivity contribution in [2.24, 2.45) is 0 Å². The molecule has 0 radical (unpaired) electrons. The average molecular weight is 306 g/mol. The van der Waals surface area contributed by atoms with Gasteiger partial charge in [0, 0.05) is 12.4 Å². The van der Waals surface area contributed by atoms with E-state index in [-0.39, 0.29) is 11.4 Å². The smallest absolute Gasteiger partial charge is 0.240 e. The van der Waals surface area contributed by atoms with Gasteiger partial charge in [-0.05, 0) is 43.9 Å². The van der Waals surface area contributed by atoms with E-state index in [4.69, 9.17) is 16.7 Å². The third-order valence-electron chi connectivity index (χ3n) is 2.69. The highest BCUT2D eigenvalue weighted by Gasteiger charge is 2.13. The van der Waals surface area contributed by atoms with Crippen molar-refractivity contribution in [3.63, 3.8) is 0 Å². The van der Waals surface area contributed by atoms with Crippen LogP contribution in [0.15, 0.2) is 29.2 Å². The van der Waals surface area contributed by atoms with Gasteiger partial charge in [-0.25, -0.2) is 13.1 Å². The molecule has 0 heterocycles. The Bertz CT molecular complexity index is 471. The van der Waals surface area contributed by atoms with Crippen LogP contribution in [0.1, 0.15) is 25.3 Å². The van der Waals surface area contributed by atoms with E-state index in [1.54, 1.807) is 31.2 Å². The molecule has 1 atom stereocenters. The van der Waals surface area contributed by atoms with Crippen molar-refractivity contribution in [3.8, 4) is 0 Å². The van der Waals surface area contributed by atoms with E-state index >= 15 is 0 Å². The fourth-order valence-electron chi connectivity index (χ4n) is 1.59. The van der Waals surface area contributed by atoms with E-state index in [2.05, 4.69) is 4.72 Å². The second kappa shape index (κ2) is 7.85. The van der Waals surface area contributed by atoms with Gasteiger partial charge in [-0.15, -0.1) is 11.6 Å². The van der Waals surface area contributed by atoms with E-state index in [0.29, 0.717) is 12.3 Å². The van der Waals surface area contributed by atoms with Crippen molar-refractivity contribution in [1.82, 2.24) is 4.72 Å². The molecule has 0 spiro atoms. The molecular weight excluding hydrogens is 286 g/mol. The van der Waals surface area contributed by atoms with E-state index in [1.807, 2.05) is 0 Å². The largest absolute Gasteiger partial charge is 0.393 e. The maximum atomic E-state index is 11.9. The monoisotopic (exact) mass is 305 g/mol. The molecule has 0 aliphatic heterocycles. The first kappa shape index (κ1) is 16.4. The number of hydrogen-bond donors (Lipinski definition) is 2. The van der Waals surface area contributed by atoms with E-state index in [1.165, 1.54) is 0 Å². The van der Waals surface area contributed by atoms with Crippen LogP contribution in [0.2, 0.25) is 0 Å². The van der Waals surface area contributed by atoms with Crippen LogP contribution in [0.4, 0.5) is 0 Å². The lowest BCUT2D eigenvalue weighted by molar-refractivity contribution is 0.186. The topological polar surface area (TPSA) is 66.4 Å². The molecule has 0 bridgehead atoms. The number of alkyl halides is 1. The van der Waals surface area contributed by atoms with Crippen LogP contribution in [0.3, 0.4) is 0 Å². The maximum Gasteiger partial charge on any atom is 0.240 e. The van der Waals surface area contributed by atoms with Crippen LogP contribution in [0, 0.1) is 0 Å². The molecule has 0 saturated carbocycles. The van der Waals surface area contributed by atoms with Crippen molar-refractivity contribution in [3.05, 3.63) is 29.8 Å². The van der Waals surface area contributed by atoms with Gasteiger partial charge < -0.3 is 5.11 Å². The van der Waals surface area contributed by atoms with Crippen molar-refractivity contribution in [1.29, 1.82) is 0 Å². The first-order valence-electron chi connectivity index (χ1n) is 6.28. The fraction of sp³-hybridized carbons (Fsp3) is 0.538. The normalized spacial score (nSPS) is 13.4. The summed E-state index contributed by atoms with van der Waals surface area (Å²) < 4.78 is 26.3. The summed E-state index contributed by atoms with van der Waals surface area (Å²) in [4.78, 5) is 0.243. The Balaban J connectivity index is 2.63. The molecule has 0 aromatic heterocycles. The maximum absolute atomic E-state index is 11.9. The average Bonchev–Trinajstić information content (AvgIpc) is 2.36. The molecule has 2 N–H and O–H groups in total. The highest BCUT2D eigenvalue weighted by atomic mass is 35.5. The molecule has 6 heteroatoms. The Morgan fingerprint density at radius 2 is 1.95 bits per heavy atom. The summed E-state index contributed by atoms with van der Waals surface area (Å²) in [5.74, 6) is 0.598. The van der Waals surface area contributed by atoms with Crippen molar-refractivity contribution < 1.29 is 13.5 Å². The Labute approximate surface area is 119 Å². The molecule has 19 heavy (non-hydrogen) atoms. The first-order valence-corrected chi connectivity index (χ1v) is 8.30. The highest BCUT2D eigenvalue weighted by Crippen LogP contribution is 2.12. The number of halogens is 1. The minimum atomic E-state index is -3.48. The van der Waals surface area contributed by atoms with Crippen molar-refractivity contribution in [2.75, 3.05) is 12.4 Å². The minimum absolute atomic E-state index is 0.230. The number of sulfonamides is 1. The number of aliphatic hydroxyl groups is 1. The van der Waals surface area contributed by atoms with Crippen LogP contribution >= 0.6 is 11.6 Å². The number of aliphatic hydroxyl groups excluding tert-OH is 1. The molecule has 1 aromatic rings. The van der Waals surface area contributed by atoms with Crippen LogP contribution < -0.4 is 4.72 Å². The van der Waals surface area contributed by atoms with Gasteiger partial charge in [0.2, 0.25) is 10.0 Å². The molecule has 0 amide bonds. The van der Waals surface area contributed by atoms with Crippen molar-refractivity contribution >= 4 is 21.6 Å². The molecule has 0 aliphatic rings. The molecule has 1 unspecified atom stereocenters. The summed E-state index contributed by atoms with van der Waals surface area (Å²) in [6, 6.07) is 6.79. The van der Waals surface area contributed by atoms with E-state index in [9.17, 15) is 8.42 Å². The lowest BCUT2D eigenvalue weighted by Gasteiger charge is -2.08. The Kier molecular flexibility index (Phi) is 6.79. The molecular formula is C13H20ClNO3S. The zero-order valence-corrected chi connectivity index (χ0v) is 12.5. The van der Waals surface area contributed by atoms with Gasteiger partial charge >= 0.3 is 0 Å². The predicted molar refractivity (Wildman–Crippen MR) is 77.0 cm³/mol. The van der Waals surface area contributed by atoms with Gasteiger partial charge in [0.25, 0.3) is 0 Å². The summed E-state index contributed by atoms with van der Waals surface area (Å²) in [6.07, 6.45) is 1.60. The SMILES string of the molecule is CC(O)CCNS(=O)(=O)c1ccc(CCCCl)cc1. The lowest BCUT2D eigenvalue weighted by Crippen LogP contribution is -2.26.